The van der Waals surface area contributed by atoms with Gasteiger partial charge in [-0.3, -0.25) is 9.59 Å². The lowest BCUT2D eigenvalue weighted by Gasteiger charge is -2.03. The van der Waals surface area contributed by atoms with Gasteiger partial charge in [-0.25, -0.2) is 0 Å². The zero-order valence-corrected chi connectivity index (χ0v) is 5.78. The number of rotatable bonds is 4. The summed E-state index contributed by atoms with van der Waals surface area (Å²) in [5.74, 6) is -2.91. The van der Waals surface area contributed by atoms with Gasteiger partial charge in [0.15, 0.2) is 0 Å². The Bertz CT molecular complexity index is 227. The second-order valence-electron chi connectivity index (χ2n) is 2.47. The lowest BCUT2D eigenvalue weighted by molar-refractivity contribution is -0.146. The summed E-state index contributed by atoms with van der Waals surface area (Å²) in [6, 6.07) is 0. The smallest absolute Gasteiger partial charge is 0.311 e. The standard InChI is InChI=1S/C7H8O4/c8-6(9)3-5(7(10)11)4-1-2-4/h1,5H,2-3H2,(H,8,9)(H,10,11). The van der Waals surface area contributed by atoms with E-state index in [1.165, 1.54) is 0 Å². The first kappa shape index (κ1) is 7.78. The van der Waals surface area contributed by atoms with Crippen LogP contribution in [0, 0.1) is 5.92 Å². The van der Waals surface area contributed by atoms with Crippen molar-refractivity contribution in [2.75, 3.05) is 0 Å². The molecular formula is C7H8O4. The van der Waals surface area contributed by atoms with E-state index in [0.717, 1.165) is 5.57 Å². The van der Waals surface area contributed by atoms with Crippen molar-refractivity contribution in [2.24, 2.45) is 5.92 Å². The second-order valence-corrected chi connectivity index (χ2v) is 2.47. The van der Waals surface area contributed by atoms with Gasteiger partial charge in [-0.1, -0.05) is 11.6 Å². The molecule has 0 saturated carbocycles. The Morgan fingerprint density at radius 1 is 1.55 bits per heavy atom. The van der Waals surface area contributed by atoms with E-state index in [0.29, 0.717) is 6.42 Å². The minimum absolute atomic E-state index is 0.304. The molecule has 2 N–H and O–H groups in total. The van der Waals surface area contributed by atoms with Crippen LogP contribution in [0.3, 0.4) is 0 Å². The van der Waals surface area contributed by atoms with Crippen LogP contribution in [0.1, 0.15) is 12.8 Å². The van der Waals surface area contributed by atoms with Crippen LogP contribution in [0.25, 0.3) is 0 Å². The molecule has 0 spiro atoms. The normalized spacial score (nSPS) is 16.9. The predicted molar refractivity (Wildman–Crippen MR) is 36.1 cm³/mol. The SMILES string of the molecule is O=C(O)CC(C(=O)O)C1=CC1. The maximum Gasteiger partial charge on any atom is 0.311 e. The minimum Gasteiger partial charge on any atom is -0.481 e. The van der Waals surface area contributed by atoms with Crippen LogP contribution < -0.4 is 0 Å². The lowest BCUT2D eigenvalue weighted by Crippen LogP contribution is -2.16. The van der Waals surface area contributed by atoms with Crippen LogP contribution >= 0.6 is 0 Å². The fourth-order valence-corrected chi connectivity index (χ4v) is 0.895. The summed E-state index contributed by atoms with van der Waals surface area (Å²) in [7, 11) is 0. The maximum atomic E-state index is 10.4. The molecule has 4 nitrogen and oxygen atoms in total. The summed E-state index contributed by atoms with van der Waals surface area (Å²) in [5, 5.41) is 16.8. The molecule has 0 saturated heterocycles. The molecule has 1 rings (SSSR count). The summed E-state index contributed by atoms with van der Waals surface area (Å²) in [5.41, 5.74) is 0.736. The molecule has 0 fully saturated rings. The van der Waals surface area contributed by atoms with Crippen LogP contribution in [-0.4, -0.2) is 22.2 Å². The molecule has 1 aliphatic carbocycles. The molecule has 0 radical (unpaired) electrons. The summed E-state index contributed by atoms with van der Waals surface area (Å²) in [6.45, 7) is 0. The first-order valence-corrected chi connectivity index (χ1v) is 3.25. The third-order valence-corrected chi connectivity index (χ3v) is 1.56. The van der Waals surface area contributed by atoms with Gasteiger partial charge in [-0.05, 0) is 6.42 Å². The van der Waals surface area contributed by atoms with Crippen molar-refractivity contribution in [3.63, 3.8) is 0 Å². The maximum absolute atomic E-state index is 10.4. The molecule has 1 unspecified atom stereocenters. The van der Waals surface area contributed by atoms with Gasteiger partial charge < -0.3 is 10.2 Å². The summed E-state index contributed by atoms with van der Waals surface area (Å²) < 4.78 is 0. The third-order valence-electron chi connectivity index (χ3n) is 1.56. The average Bonchev–Trinajstić information content (AvgIpc) is 2.63. The highest BCUT2D eigenvalue weighted by atomic mass is 16.4. The Kier molecular flexibility index (Phi) is 1.94. The van der Waals surface area contributed by atoms with E-state index in [9.17, 15) is 9.59 Å². The van der Waals surface area contributed by atoms with E-state index >= 15 is 0 Å². The molecule has 0 aliphatic heterocycles. The molecule has 0 heterocycles. The highest BCUT2D eigenvalue weighted by Gasteiger charge is 2.28. The average molecular weight is 156 g/mol. The number of carboxylic acids is 2. The minimum atomic E-state index is -1.06. The number of carboxylic acid groups (broad SMARTS) is 2. The van der Waals surface area contributed by atoms with E-state index < -0.39 is 17.9 Å². The van der Waals surface area contributed by atoms with Crippen molar-refractivity contribution in [1.82, 2.24) is 0 Å². The van der Waals surface area contributed by atoms with Gasteiger partial charge in [0.2, 0.25) is 0 Å². The number of hydrogen-bond donors (Lipinski definition) is 2. The van der Waals surface area contributed by atoms with Crippen LogP contribution in [0.4, 0.5) is 0 Å². The molecule has 60 valence electrons. The monoisotopic (exact) mass is 156 g/mol. The van der Waals surface area contributed by atoms with Crippen molar-refractivity contribution >= 4 is 11.9 Å². The second kappa shape index (κ2) is 2.74. The zero-order chi connectivity index (χ0) is 8.43. The zero-order valence-electron chi connectivity index (χ0n) is 5.78. The Balaban J connectivity index is 2.52. The number of hydrogen-bond acceptors (Lipinski definition) is 2. The van der Waals surface area contributed by atoms with Crippen LogP contribution in [0.5, 0.6) is 0 Å². The molecule has 11 heavy (non-hydrogen) atoms. The Morgan fingerprint density at radius 3 is 2.36 bits per heavy atom. The summed E-state index contributed by atoms with van der Waals surface area (Å²) >= 11 is 0. The first-order valence-electron chi connectivity index (χ1n) is 3.25. The first-order chi connectivity index (χ1) is 5.11. The molecule has 4 heteroatoms. The molecular weight excluding hydrogens is 148 g/mol. The largest absolute Gasteiger partial charge is 0.481 e. The number of aliphatic carboxylic acids is 2. The third kappa shape index (κ3) is 2.07. The van der Waals surface area contributed by atoms with Gasteiger partial charge in [-0.15, -0.1) is 0 Å². The molecule has 0 aromatic rings. The predicted octanol–water partition coefficient (Wildman–Crippen LogP) is 0.492. The van der Waals surface area contributed by atoms with E-state index in [-0.39, 0.29) is 6.42 Å². The van der Waals surface area contributed by atoms with E-state index in [1.54, 1.807) is 6.08 Å². The van der Waals surface area contributed by atoms with Crippen molar-refractivity contribution in [1.29, 1.82) is 0 Å². The Labute approximate surface area is 63.1 Å². The Morgan fingerprint density at radius 2 is 2.09 bits per heavy atom. The molecule has 0 bridgehead atoms. The molecule has 0 aromatic carbocycles. The molecule has 0 aromatic heterocycles. The quantitative estimate of drug-likeness (QED) is 0.581. The Hall–Kier alpha value is -1.32. The van der Waals surface area contributed by atoms with Gasteiger partial charge in [0.1, 0.15) is 0 Å². The van der Waals surface area contributed by atoms with Crippen LogP contribution in [0.15, 0.2) is 11.6 Å². The van der Waals surface area contributed by atoms with Gasteiger partial charge >= 0.3 is 11.9 Å². The van der Waals surface area contributed by atoms with E-state index in [4.69, 9.17) is 10.2 Å². The van der Waals surface area contributed by atoms with Crippen molar-refractivity contribution in [3.05, 3.63) is 11.6 Å². The van der Waals surface area contributed by atoms with Gasteiger partial charge in [0.05, 0.1) is 12.3 Å². The fraction of sp³-hybridized carbons (Fsp3) is 0.429. The van der Waals surface area contributed by atoms with Crippen LogP contribution in [-0.2, 0) is 9.59 Å². The van der Waals surface area contributed by atoms with Crippen LogP contribution in [0.2, 0.25) is 0 Å². The molecule has 0 amide bonds. The number of allylic oxidation sites excluding steroid dienone is 1. The summed E-state index contributed by atoms with van der Waals surface area (Å²) in [6.07, 6.45) is 2.09. The van der Waals surface area contributed by atoms with Crippen molar-refractivity contribution < 1.29 is 19.8 Å². The van der Waals surface area contributed by atoms with E-state index in [2.05, 4.69) is 0 Å². The van der Waals surface area contributed by atoms with E-state index in [1.807, 2.05) is 0 Å². The van der Waals surface area contributed by atoms with Crippen molar-refractivity contribution in [2.45, 2.75) is 12.8 Å². The summed E-state index contributed by atoms with van der Waals surface area (Å²) in [4.78, 5) is 20.6. The van der Waals surface area contributed by atoms with Gasteiger partial charge in [0.25, 0.3) is 0 Å². The fourth-order valence-electron chi connectivity index (χ4n) is 0.895. The van der Waals surface area contributed by atoms with Crippen molar-refractivity contribution in [3.8, 4) is 0 Å². The van der Waals surface area contributed by atoms with Gasteiger partial charge in [0, 0.05) is 0 Å². The number of carbonyl (C=O) groups is 2. The topological polar surface area (TPSA) is 74.6 Å². The molecule has 1 aliphatic rings. The highest BCUT2D eigenvalue weighted by molar-refractivity contribution is 5.81. The van der Waals surface area contributed by atoms with Gasteiger partial charge in [-0.2, -0.15) is 0 Å². The lowest BCUT2D eigenvalue weighted by atomic mass is 10.0. The highest BCUT2D eigenvalue weighted by Crippen LogP contribution is 2.30. The molecule has 1 atom stereocenters.